The van der Waals surface area contributed by atoms with E-state index in [1.54, 1.807) is 5.87 Å². The van der Waals surface area contributed by atoms with Crippen molar-refractivity contribution in [1.82, 2.24) is 0 Å². The van der Waals surface area contributed by atoms with Gasteiger partial charge < -0.3 is 2.85 Å². The van der Waals surface area contributed by atoms with E-state index in [2.05, 4.69) is 6.58 Å². The third kappa shape index (κ3) is 15.7. The molecule has 0 aromatic rings. The van der Waals surface area contributed by atoms with Crippen LogP contribution in [0.2, 0.25) is 0 Å². The summed E-state index contributed by atoms with van der Waals surface area (Å²) in [5.41, 5.74) is 0. The van der Waals surface area contributed by atoms with Crippen molar-refractivity contribution in [3.05, 3.63) is 6.58 Å². The summed E-state index contributed by atoms with van der Waals surface area (Å²) in [6.07, 6.45) is 0. The molecule has 0 aliphatic heterocycles. The Kier molecular flexibility index (Phi) is 20.6. The van der Waals surface area contributed by atoms with E-state index in [1.165, 1.54) is 0 Å². The van der Waals surface area contributed by atoms with Gasteiger partial charge in [0.15, 0.2) is 0 Å². The first-order chi connectivity index (χ1) is 1.41. The molecule has 0 spiro atoms. The summed E-state index contributed by atoms with van der Waals surface area (Å²) < 4.78 is 0. The molecule has 1 nitrogen and oxygen atoms in total. The molecule has 0 fully saturated rings. The Morgan fingerprint density at radius 3 is 2.00 bits per heavy atom. The second kappa shape index (κ2) is 9.32. The SMILES string of the molecule is C=C=N.[Ca+2].[H-].[H-]. The average molecular weight is 83.1 g/mol. The Labute approximate surface area is 58.2 Å². The van der Waals surface area contributed by atoms with Gasteiger partial charge in [-0.25, -0.2) is 0 Å². The molecule has 0 radical (unpaired) electrons. The average Bonchev–Trinajstić information content (AvgIpc) is 0.918. The molecule has 0 aromatic heterocycles. The minimum Gasteiger partial charge on any atom is -1.00 e. The van der Waals surface area contributed by atoms with Crippen molar-refractivity contribution in [1.29, 1.82) is 5.41 Å². The van der Waals surface area contributed by atoms with Crippen LogP contribution in [0.5, 0.6) is 0 Å². The minimum absolute atomic E-state index is 0. The van der Waals surface area contributed by atoms with Crippen LogP contribution in [-0.4, -0.2) is 43.6 Å². The van der Waals surface area contributed by atoms with Crippen LogP contribution in [0.25, 0.3) is 0 Å². The topological polar surface area (TPSA) is 23.9 Å². The van der Waals surface area contributed by atoms with Crippen molar-refractivity contribution < 1.29 is 2.85 Å². The van der Waals surface area contributed by atoms with Crippen molar-refractivity contribution in [3.8, 4) is 0 Å². The van der Waals surface area contributed by atoms with Gasteiger partial charge in [-0.15, -0.1) is 0 Å². The molecular formula is C2H5CaN. The monoisotopic (exact) mass is 83.0 g/mol. The van der Waals surface area contributed by atoms with Gasteiger partial charge in [0.2, 0.25) is 0 Å². The maximum Gasteiger partial charge on any atom is 2.00 e. The maximum absolute atomic E-state index is 5.85. The predicted octanol–water partition coefficient (Wildman–Crippen LogP) is 0.265. The molecule has 2 heteroatoms. The summed E-state index contributed by atoms with van der Waals surface area (Å²) in [7, 11) is 0. The quantitative estimate of drug-likeness (QED) is 0.321. The minimum atomic E-state index is 0. The zero-order valence-electron chi connectivity index (χ0n) is 4.41. The second-order valence-corrected chi connectivity index (χ2v) is 0.177. The smallest absolute Gasteiger partial charge is 1.00 e. The first-order valence-electron chi connectivity index (χ1n) is 0.604. The fourth-order valence-corrected chi connectivity index (χ4v) is 0. The molecule has 4 heavy (non-hydrogen) atoms. The number of rotatable bonds is 0. The van der Waals surface area contributed by atoms with E-state index < -0.39 is 0 Å². The number of nitrogens with one attached hydrogen (secondary N) is 1. The Morgan fingerprint density at radius 1 is 2.00 bits per heavy atom. The molecule has 0 aliphatic carbocycles. The largest absolute Gasteiger partial charge is 2.00 e. The first kappa shape index (κ1) is 8.83. The van der Waals surface area contributed by atoms with Gasteiger partial charge in [0.25, 0.3) is 0 Å². The van der Waals surface area contributed by atoms with Gasteiger partial charge in [-0.3, -0.25) is 5.41 Å². The van der Waals surface area contributed by atoms with Crippen LogP contribution in [0, 0.1) is 5.41 Å². The standard InChI is InChI=1S/C2H3N.Ca.2H/c1-2-3;;;/h3H,1H2;;;/q;+2;2*-1. The molecule has 0 aromatic carbocycles. The zero-order chi connectivity index (χ0) is 2.71. The van der Waals surface area contributed by atoms with E-state index in [-0.39, 0.29) is 40.6 Å². The van der Waals surface area contributed by atoms with Crippen LogP contribution in [-0.2, 0) is 0 Å². The third-order valence-electron chi connectivity index (χ3n) is 0. The summed E-state index contributed by atoms with van der Waals surface area (Å²) in [6.45, 7) is 2.90. The predicted molar refractivity (Wildman–Crippen MR) is 21.3 cm³/mol. The van der Waals surface area contributed by atoms with Crippen LogP contribution in [0.1, 0.15) is 2.85 Å². The fourth-order valence-electron chi connectivity index (χ4n) is 0. The van der Waals surface area contributed by atoms with E-state index in [1.807, 2.05) is 0 Å². The Hall–Kier alpha value is 0.710. The van der Waals surface area contributed by atoms with Gasteiger partial charge in [-0.1, -0.05) is 0 Å². The fraction of sp³-hybridized carbons (Fsp3) is 0. The zero-order valence-corrected chi connectivity index (χ0v) is 4.62. The van der Waals surface area contributed by atoms with Crippen molar-refractivity contribution in [3.63, 3.8) is 0 Å². The van der Waals surface area contributed by atoms with Crippen LogP contribution >= 0.6 is 0 Å². The van der Waals surface area contributed by atoms with Gasteiger partial charge in [-0.05, 0) is 12.4 Å². The van der Waals surface area contributed by atoms with Crippen LogP contribution in [0.15, 0.2) is 6.58 Å². The molecule has 0 bridgehead atoms. The molecule has 0 unspecified atom stereocenters. The Balaban J connectivity index is -0.00000000667. The first-order valence-corrected chi connectivity index (χ1v) is 0.604. The van der Waals surface area contributed by atoms with E-state index in [0.717, 1.165) is 0 Å². The summed E-state index contributed by atoms with van der Waals surface area (Å²) in [6, 6.07) is 0. The van der Waals surface area contributed by atoms with Crippen molar-refractivity contribution in [2.24, 2.45) is 0 Å². The third-order valence-corrected chi connectivity index (χ3v) is 0. The summed E-state index contributed by atoms with van der Waals surface area (Å²) in [5, 5.41) is 5.85. The number of hydrogen-bond donors (Lipinski definition) is 1. The maximum atomic E-state index is 5.85. The second-order valence-electron chi connectivity index (χ2n) is 0.177. The van der Waals surface area contributed by atoms with Gasteiger partial charge in [0.05, 0.1) is 0 Å². The molecule has 0 aliphatic rings. The Bertz CT molecular complexity index is 32.5. The normalized spacial score (nSPS) is 2.00. The van der Waals surface area contributed by atoms with Crippen molar-refractivity contribution >= 4 is 43.6 Å². The van der Waals surface area contributed by atoms with Gasteiger partial charge >= 0.3 is 37.7 Å². The molecule has 0 rings (SSSR count). The molecule has 0 saturated carbocycles. The van der Waals surface area contributed by atoms with Crippen molar-refractivity contribution in [2.45, 2.75) is 0 Å². The van der Waals surface area contributed by atoms with Gasteiger partial charge in [0, 0.05) is 0 Å². The summed E-state index contributed by atoms with van der Waals surface area (Å²) >= 11 is 0. The van der Waals surface area contributed by atoms with Crippen LogP contribution in [0.3, 0.4) is 0 Å². The molecule has 0 amide bonds. The van der Waals surface area contributed by atoms with E-state index in [4.69, 9.17) is 5.41 Å². The molecule has 0 atom stereocenters. The van der Waals surface area contributed by atoms with Crippen molar-refractivity contribution in [2.75, 3.05) is 0 Å². The molecule has 0 saturated heterocycles. The molecule has 1 N–H and O–H groups in total. The van der Waals surface area contributed by atoms with Gasteiger partial charge in [0.1, 0.15) is 0 Å². The molecule has 0 heterocycles. The molecule has 20 valence electrons. The van der Waals surface area contributed by atoms with Gasteiger partial charge in [-0.2, -0.15) is 0 Å². The molecular weight excluding hydrogens is 78.1 g/mol. The van der Waals surface area contributed by atoms with E-state index in [0.29, 0.717) is 0 Å². The van der Waals surface area contributed by atoms with Crippen LogP contribution in [0.4, 0.5) is 0 Å². The van der Waals surface area contributed by atoms with Crippen LogP contribution < -0.4 is 0 Å². The van der Waals surface area contributed by atoms with E-state index >= 15 is 0 Å². The summed E-state index contributed by atoms with van der Waals surface area (Å²) in [5.74, 6) is 1.75. The van der Waals surface area contributed by atoms with E-state index in [9.17, 15) is 0 Å². The summed E-state index contributed by atoms with van der Waals surface area (Å²) in [4.78, 5) is 0. The Morgan fingerprint density at radius 2 is 2.00 bits per heavy atom. The number of hydrogen-bond acceptors (Lipinski definition) is 1.